The van der Waals surface area contributed by atoms with Crippen LogP contribution in [0.15, 0.2) is 0 Å². The summed E-state index contributed by atoms with van der Waals surface area (Å²) in [6.45, 7) is 16.7. The first-order valence-electron chi connectivity index (χ1n) is 6.59. The van der Waals surface area contributed by atoms with Gasteiger partial charge in [0.05, 0.1) is 0 Å². The summed E-state index contributed by atoms with van der Waals surface area (Å²) in [5.74, 6) is 2.95. The Bertz CT molecular complexity index is 201. The summed E-state index contributed by atoms with van der Waals surface area (Å²) >= 11 is 0. The van der Waals surface area contributed by atoms with E-state index in [0.717, 1.165) is 17.8 Å². The van der Waals surface area contributed by atoms with E-state index in [0.29, 0.717) is 10.8 Å². The van der Waals surface area contributed by atoms with Gasteiger partial charge in [-0.2, -0.15) is 0 Å². The molecule has 3 unspecified atom stereocenters. The van der Waals surface area contributed by atoms with Crippen LogP contribution in [0.1, 0.15) is 67.7 Å². The van der Waals surface area contributed by atoms with Gasteiger partial charge < -0.3 is 0 Å². The second-order valence-electron chi connectivity index (χ2n) is 8.02. The molecule has 0 nitrogen and oxygen atoms in total. The van der Waals surface area contributed by atoms with Crippen molar-refractivity contribution in [1.29, 1.82) is 0 Å². The van der Waals surface area contributed by atoms with E-state index < -0.39 is 0 Å². The fraction of sp³-hybridized carbons (Fsp3) is 1.00. The van der Waals surface area contributed by atoms with E-state index in [1.807, 2.05) is 0 Å². The Balaban J connectivity index is 2.28. The molecule has 1 saturated carbocycles. The van der Waals surface area contributed by atoms with E-state index >= 15 is 0 Å². The van der Waals surface area contributed by atoms with Crippen molar-refractivity contribution >= 4 is 0 Å². The van der Waals surface area contributed by atoms with Crippen LogP contribution in [-0.4, -0.2) is 0 Å². The molecule has 1 aliphatic rings. The molecule has 0 amide bonds. The van der Waals surface area contributed by atoms with Crippen molar-refractivity contribution < 1.29 is 0 Å². The molecule has 0 saturated heterocycles. The Labute approximate surface area is 96.8 Å². The molecule has 0 aromatic rings. The smallest absolute Gasteiger partial charge is 0.0357 e. The third-order valence-electron chi connectivity index (χ3n) is 4.08. The van der Waals surface area contributed by atoms with Gasteiger partial charge in [0, 0.05) is 0 Å². The highest BCUT2D eigenvalue weighted by Gasteiger charge is 2.41. The van der Waals surface area contributed by atoms with Crippen molar-refractivity contribution in [2.75, 3.05) is 0 Å². The van der Waals surface area contributed by atoms with Crippen LogP contribution in [0.3, 0.4) is 0 Å². The quantitative estimate of drug-likeness (QED) is 0.605. The Morgan fingerprint density at radius 2 is 1.53 bits per heavy atom. The molecule has 0 heteroatoms. The van der Waals surface area contributed by atoms with Crippen LogP contribution >= 0.6 is 0 Å². The van der Waals surface area contributed by atoms with Crippen molar-refractivity contribution in [3.05, 3.63) is 0 Å². The van der Waals surface area contributed by atoms with E-state index in [1.165, 1.54) is 19.3 Å². The van der Waals surface area contributed by atoms with Crippen LogP contribution in [0.25, 0.3) is 0 Å². The Morgan fingerprint density at radius 3 is 1.93 bits per heavy atom. The van der Waals surface area contributed by atoms with Gasteiger partial charge in [0.1, 0.15) is 0 Å². The largest absolute Gasteiger partial charge is 0.0620 e. The zero-order valence-electron chi connectivity index (χ0n) is 11.9. The predicted molar refractivity (Wildman–Crippen MR) is 68.9 cm³/mol. The number of hydrogen-bond acceptors (Lipinski definition) is 0. The van der Waals surface area contributed by atoms with E-state index in [2.05, 4.69) is 48.5 Å². The van der Waals surface area contributed by atoms with Crippen molar-refractivity contribution in [2.45, 2.75) is 67.7 Å². The molecule has 3 atom stereocenters. The highest BCUT2D eigenvalue weighted by molar-refractivity contribution is 4.91. The fourth-order valence-electron chi connectivity index (χ4n) is 2.44. The van der Waals surface area contributed by atoms with E-state index in [4.69, 9.17) is 0 Å². The first-order chi connectivity index (χ1) is 6.59. The molecule has 0 heterocycles. The lowest BCUT2D eigenvalue weighted by Crippen LogP contribution is -2.18. The highest BCUT2D eigenvalue weighted by atomic mass is 14.5. The van der Waals surface area contributed by atoms with Crippen molar-refractivity contribution in [1.82, 2.24) is 0 Å². The van der Waals surface area contributed by atoms with E-state index in [9.17, 15) is 0 Å². The summed E-state index contributed by atoms with van der Waals surface area (Å²) < 4.78 is 0. The minimum absolute atomic E-state index is 0.495. The molecule has 0 radical (unpaired) electrons. The van der Waals surface area contributed by atoms with E-state index in [-0.39, 0.29) is 0 Å². The molecular weight excluding hydrogens is 180 g/mol. The van der Waals surface area contributed by atoms with Gasteiger partial charge in [-0.25, -0.2) is 0 Å². The monoisotopic (exact) mass is 210 g/mol. The molecule has 0 aromatic carbocycles. The van der Waals surface area contributed by atoms with Gasteiger partial charge in [0.25, 0.3) is 0 Å². The van der Waals surface area contributed by atoms with Crippen LogP contribution < -0.4 is 0 Å². The molecular formula is C15H30. The molecule has 0 aromatic heterocycles. The lowest BCUT2D eigenvalue weighted by atomic mass is 9.78. The van der Waals surface area contributed by atoms with Crippen molar-refractivity contribution in [3.63, 3.8) is 0 Å². The minimum atomic E-state index is 0.495. The molecule has 15 heavy (non-hydrogen) atoms. The summed E-state index contributed by atoms with van der Waals surface area (Å²) in [5.41, 5.74) is 1.03. The van der Waals surface area contributed by atoms with Crippen molar-refractivity contribution in [3.8, 4) is 0 Å². The van der Waals surface area contributed by atoms with Crippen LogP contribution in [0.5, 0.6) is 0 Å². The Kier molecular flexibility index (Phi) is 3.58. The van der Waals surface area contributed by atoms with Crippen LogP contribution in [-0.2, 0) is 0 Å². The van der Waals surface area contributed by atoms with Crippen molar-refractivity contribution in [2.24, 2.45) is 28.6 Å². The molecule has 0 aliphatic heterocycles. The average Bonchev–Trinajstić information content (AvgIpc) is 2.61. The van der Waals surface area contributed by atoms with Gasteiger partial charge >= 0.3 is 0 Å². The number of rotatable bonds is 3. The first-order valence-corrected chi connectivity index (χ1v) is 6.59. The standard InChI is InChI=1S/C15H30/c1-11(15(5,6)7)8-12-9-13(12)10-14(2,3)4/h11-13H,8-10H2,1-7H3. The van der Waals surface area contributed by atoms with Gasteiger partial charge in [-0.15, -0.1) is 0 Å². The van der Waals surface area contributed by atoms with Gasteiger partial charge in [0.15, 0.2) is 0 Å². The Morgan fingerprint density at radius 1 is 1.00 bits per heavy atom. The predicted octanol–water partition coefficient (Wildman–Crippen LogP) is 5.13. The summed E-state index contributed by atoms with van der Waals surface area (Å²) in [6, 6.07) is 0. The van der Waals surface area contributed by atoms with Crippen LogP contribution in [0.4, 0.5) is 0 Å². The molecule has 1 fully saturated rings. The zero-order valence-corrected chi connectivity index (χ0v) is 11.9. The van der Waals surface area contributed by atoms with E-state index in [1.54, 1.807) is 0 Å². The second kappa shape index (κ2) is 4.11. The SMILES string of the molecule is CC(CC1CC1CC(C)(C)C)C(C)(C)C. The molecule has 90 valence electrons. The van der Waals surface area contributed by atoms with Gasteiger partial charge in [-0.1, -0.05) is 48.5 Å². The highest BCUT2D eigenvalue weighted by Crippen LogP contribution is 2.50. The molecule has 1 rings (SSSR count). The number of hydrogen-bond donors (Lipinski definition) is 0. The van der Waals surface area contributed by atoms with Crippen LogP contribution in [0.2, 0.25) is 0 Å². The summed E-state index contributed by atoms with van der Waals surface area (Å²) in [4.78, 5) is 0. The normalized spacial score (nSPS) is 29.0. The maximum absolute atomic E-state index is 2.42. The maximum Gasteiger partial charge on any atom is -0.0357 e. The fourth-order valence-corrected chi connectivity index (χ4v) is 2.44. The second-order valence-corrected chi connectivity index (χ2v) is 8.02. The third kappa shape index (κ3) is 4.57. The maximum atomic E-state index is 2.42. The molecule has 1 aliphatic carbocycles. The van der Waals surface area contributed by atoms with Gasteiger partial charge in [0.2, 0.25) is 0 Å². The van der Waals surface area contributed by atoms with Crippen LogP contribution in [0, 0.1) is 28.6 Å². The first kappa shape index (κ1) is 13.1. The van der Waals surface area contributed by atoms with Gasteiger partial charge in [-0.05, 0) is 47.8 Å². The molecule has 0 spiro atoms. The molecule has 0 N–H and O–H groups in total. The molecule has 0 bridgehead atoms. The summed E-state index contributed by atoms with van der Waals surface area (Å²) in [5, 5.41) is 0. The van der Waals surface area contributed by atoms with Gasteiger partial charge in [-0.3, -0.25) is 0 Å². The zero-order chi connectivity index (χ0) is 11.9. The minimum Gasteiger partial charge on any atom is -0.0620 e. The lowest BCUT2D eigenvalue weighted by Gasteiger charge is -2.27. The Hall–Kier alpha value is 0. The topological polar surface area (TPSA) is 0 Å². The summed E-state index contributed by atoms with van der Waals surface area (Å²) in [6.07, 6.45) is 4.37. The third-order valence-corrected chi connectivity index (χ3v) is 4.08. The lowest BCUT2D eigenvalue weighted by molar-refractivity contribution is 0.229. The summed E-state index contributed by atoms with van der Waals surface area (Å²) in [7, 11) is 0. The average molecular weight is 210 g/mol.